The standard InChI is InChI=1S/C13H17N3O/c1-13(2,3)16-12(17)15-10-4-5-11-9(8-10)6-7-14-11/h4-8,14H,1-3H3,(H2,15,16,17). The van der Waals surface area contributed by atoms with Crippen LogP contribution < -0.4 is 10.6 Å². The average molecular weight is 231 g/mol. The number of hydrogen-bond acceptors (Lipinski definition) is 1. The van der Waals surface area contributed by atoms with Gasteiger partial charge in [0.1, 0.15) is 0 Å². The molecule has 4 heteroatoms. The molecule has 1 aromatic carbocycles. The second-order valence-corrected chi connectivity index (χ2v) is 5.11. The Kier molecular flexibility index (Phi) is 2.79. The van der Waals surface area contributed by atoms with E-state index in [1.807, 2.05) is 51.2 Å². The normalized spacial score (nSPS) is 11.5. The van der Waals surface area contributed by atoms with Crippen LogP contribution in [0.25, 0.3) is 10.9 Å². The summed E-state index contributed by atoms with van der Waals surface area (Å²) in [5.74, 6) is 0. The van der Waals surface area contributed by atoms with Gasteiger partial charge in [-0.1, -0.05) is 0 Å². The maximum atomic E-state index is 11.7. The van der Waals surface area contributed by atoms with Crippen LogP contribution >= 0.6 is 0 Å². The number of amides is 2. The lowest BCUT2D eigenvalue weighted by Gasteiger charge is -2.20. The van der Waals surface area contributed by atoms with E-state index in [0.29, 0.717) is 0 Å². The van der Waals surface area contributed by atoms with Crippen LogP contribution in [0.3, 0.4) is 0 Å². The fourth-order valence-electron chi connectivity index (χ4n) is 1.63. The predicted octanol–water partition coefficient (Wildman–Crippen LogP) is 3.09. The average Bonchev–Trinajstić information content (AvgIpc) is 2.61. The SMILES string of the molecule is CC(C)(C)NC(=O)Nc1ccc2[nH]ccc2c1. The van der Waals surface area contributed by atoms with Crippen LogP contribution in [-0.4, -0.2) is 16.6 Å². The fourth-order valence-corrected chi connectivity index (χ4v) is 1.63. The molecular weight excluding hydrogens is 214 g/mol. The van der Waals surface area contributed by atoms with E-state index < -0.39 is 0 Å². The summed E-state index contributed by atoms with van der Waals surface area (Å²) >= 11 is 0. The Balaban J connectivity index is 2.10. The molecule has 0 fully saturated rings. The summed E-state index contributed by atoms with van der Waals surface area (Å²) < 4.78 is 0. The van der Waals surface area contributed by atoms with E-state index in [-0.39, 0.29) is 11.6 Å². The van der Waals surface area contributed by atoms with Gasteiger partial charge in [0.15, 0.2) is 0 Å². The first kappa shape index (κ1) is 11.5. The third-order valence-corrected chi connectivity index (χ3v) is 2.30. The van der Waals surface area contributed by atoms with Gasteiger partial charge in [-0.25, -0.2) is 4.79 Å². The molecule has 2 rings (SSSR count). The number of fused-ring (bicyclic) bond motifs is 1. The zero-order chi connectivity index (χ0) is 12.5. The van der Waals surface area contributed by atoms with Crippen molar-refractivity contribution >= 4 is 22.6 Å². The van der Waals surface area contributed by atoms with Crippen LogP contribution in [0.15, 0.2) is 30.5 Å². The number of anilines is 1. The second kappa shape index (κ2) is 4.13. The first-order valence-corrected chi connectivity index (χ1v) is 5.60. The van der Waals surface area contributed by atoms with Gasteiger partial charge in [-0.15, -0.1) is 0 Å². The van der Waals surface area contributed by atoms with E-state index in [0.717, 1.165) is 16.6 Å². The summed E-state index contributed by atoms with van der Waals surface area (Å²) in [6.07, 6.45) is 1.88. The largest absolute Gasteiger partial charge is 0.361 e. The highest BCUT2D eigenvalue weighted by Crippen LogP contribution is 2.17. The first-order valence-electron chi connectivity index (χ1n) is 5.60. The molecule has 4 nitrogen and oxygen atoms in total. The number of aromatic amines is 1. The summed E-state index contributed by atoms with van der Waals surface area (Å²) in [5, 5.41) is 6.75. The van der Waals surface area contributed by atoms with Gasteiger partial charge < -0.3 is 15.6 Å². The van der Waals surface area contributed by atoms with Crippen LogP contribution in [-0.2, 0) is 0 Å². The Morgan fingerprint density at radius 3 is 2.71 bits per heavy atom. The third kappa shape index (κ3) is 3.00. The maximum absolute atomic E-state index is 11.7. The molecule has 0 aliphatic carbocycles. The summed E-state index contributed by atoms with van der Waals surface area (Å²) in [7, 11) is 0. The molecule has 0 unspecified atom stereocenters. The van der Waals surface area contributed by atoms with E-state index in [1.54, 1.807) is 0 Å². The third-order valence-electron chi connectivity index (χ3n) is 2.30. The Morgan fingerprint density at radius 1 is 1.24 bits per heavy atom. The van der Waals surface area contributed by atoms with Gasteiger partial charge in [0.2, 0.25) is 0 Å². The Bertz CT molecular complexity index is 537. The highest BCUT2D eigenvalue weighted by Gasteiger charge is 2.13. The monoisotopic (exact) mass is 231 g/mol. The number of carbonyl (C=O) groups excluding carboxylic acids is 1. The minimum atomic E-state index is -0.234. The highest BCUT2D eigenvalue weighted by atomic mass is 16.2. The number of carbonyl (C=O) groups is 1. The van der Waals surface area contributed by atoms with Crippen molar-refractivity contribution < 1.29 is 4.79 Å². The molecule has 0 spiro atoms. The van der Waals surface area contributed by atoms with Gasteiger partial charge >= 0.3 is 6.03 Å². The van der Waals surface area contributed by atoms with E-state index in [1.165, 1.54) is 0 Å². The highest BCUT2D eigenvalue weighted by molar-refractivity contribution is 5.93. The predicted molar refractivity (Wildman–Crippen MR) is 70.2 cm³/mol. The number of hydrogen-bond donors (Lipinski definition) is 3. The van der Waals surface area contributed by atoms with Crippen LogP contribution in [0, 0.1) is 0 Å². The van der Waals surface area contributed by atoms with Crippen molar-refractivity contribution in [1.29, 1.82) is 0 Å². The number of benzene rings is 1. The van der Waals surface area contributed by atoms with Crippen molar-refractivity contribution in [3.05, 3.63) is 30.5 Å². The quantitative estimate of drug-likeness (QED) is 0.694. The van der Waals surface area contributed by atoms with Gasteiger partial charge in [0.05, 0.1) is 0 Å². The van der Waals surface area contributed by atoms with E-state index in [4.69, 9.17) is 0 Å². The summed E-state index contributed by atoms with van der Waals surface area (Å²) in [6, 6.07) is 7.55. The van der Waals surface area contributed by atoms with Crippen molar-refractivity contribution in [2.24, 2.45) is 0 Å². The van der Waals surface area contributed by atoms with E-state index >= 15 is 0 Å². The zero-order valence-corrected chi connectivity index (χ0v) is 10.3. The Labute approximate surface area is 100 Å². The molecule has 17 heavy (non-hydrogen) atoms. The van der Waals surface area contributed by atoms with Gasteiger partial charge in [-0.3, -0.25) is 0 Å². The van der Waals surface area contributed by atoms with Crippen molar-refractivity contribution in [3.63, 3.8) is 0 Å². The van der Waals surface area contributed by atoms with Crippen LogP contribution in [0.2, 0.25) is 0 Å². The van der Waals surface area contributed by atoms with Crippen LogP contribution in [0.4, 0.5) is 10.5 Å². The molecule has 2 amide bonds. The van der Waals surface area contributed by atoms with Gasteiger partial charge in [0.25, 0.3) is 0 Å². The first-order chi connectivity index (χ1) is 7.94. The molecule has 0 bridgehead atoms. The lowest BCUT2D eigenvalue weighted by Crippen LogP contribution is -2.43. The van der Waals surface area contributed by atoms with Crippen molar-refractivity contribution in [1.82, 2.24) is 10.3 Å². The lowest BCUT2D eigenvalue weighted by molar-refractivity contribution is 0.244. The number of urea groups is 1. The van der Waals surface area contributed by atoms with Crippen molar-refractivity contribution in [2.45, 2.75) is 26.3 Å². The molecule has 3 N–H and O–H groups in total. The molecule has 2 aromatic rings. The molecule has 0 aliphatic heterocycles. The molecule has 0 aliphatic rings. The minimum Gasteiger partial charge on any atom is -0.361 e. The Hall–Kier alpha value is -1.97. The summed E-state index contributed by atoms with van der Waals surface area (Å²) in [5.41, 5.74) is 1.62. The molecule has 0 atom stereocenters. The minimum absolute atomic E-state index is 0.188. The number of H-pyrrole nitrogens is 1. The molecule has 0 radical (unpaired) electrons. The van der Waals surface area contributed by atoms with Crippen molar-refractivity contribution in [3.8, 4) is 0 Å². The topological polar surface area (TPSA) is 56.9 Å². The van der Waals surface area contributed by atoms with Gasteiger partial charge in [-0.2, -0.15) is 0 Å². The molecule has 1 aromatic heterocycles. The Morgan fingerprint density at radius 2 is 2.00 bits per heavy atom. The zero-order valence-electron chi connectivity index (χ0n) is 10.3. The fraction of sp³-hybridized carbons (Fsp3) is 0.308. The molecule has 1 heterocycles. The number of aromatic nitrogens is 1. The summed E-state index contributed by atoms with van der Waals surface area (Å²) in [4.78, 5) is 14.8. The van der Waals surface area contributed by atoms with E-state index in [2.05, 4.69) is 15.6 Å². The molecule has 0 saturated carbocycles. The van der Waals surface area contributed by atoms with Gasteiger partial charge in [0, 0.05) is 28.3 Å². The van der Waals surface area contributed by atoms with E-state index in [9.17, 15) is 4.79 Å². The number of rotatable bonds is 1. The smallest absolute Gasteiger partial charge is 0.319 e. The molecule has 90 valence electrons. The number of nitrogens with one attached hydrogen (secondary N) is 3. The second-order valence-electron chi connectivity index (χ2n) is 5.11. The van der Waals surface area contributed by atoms with Crippen molar-refractivity contribution in [2.75, 3.05) is 5.32 Å². The van der Waals surface area contributed by atoms with Gasteiger partial charge in [-0.05, 0) is 45.0 Å². The van der Waals surface area contributed by atoms with Crippen LogP contribution in [0.5, 0.6) is 0 Å². The maximum Gasteiger partial charge on any atom is 0.319 e. The summed E-state index contributed by atoms with van der Waals surface area (Å²) in [6.45, 7) is 5.84. The van der Waals surface area contributed by atoms with Crippen LogP contribution in [0.1, 0.15) is 20.8 Å². The lowest BCUT2D eigenvalue weighted by atomic mass is 10.1. The molecular formula is C13H17N3O. The molecule has 0 saturated heterocycles.